The van der Waals surface area contributed by atoms with Gasteiger partial charge in [-0.1, -0.05) is 61.9 Å². The first-order valence-corrected chi connectivity index (χ1v) is 10.8. The molecule has 2 amide bonds. The highest BCUT2D eigenvalue weighted by molar-refractivity contribution is 8.00. The molecule has 5 heteroatoms. The largest absolute Gasteiger partial charge is 0.350 e. The zero-order valence-electron chi connectivity index (χ0n) is 16.7. The number of rotatable bonds is 6. The lowest BCUT2D eigenvalue weighted by molar-refractivity contribution is -0.125. The number of hydrogen-bond acceptors (Lipinski definition) is 3. The van der Waals surface area contributed by atoms with Crippen LogP contribution < -0.4 is 5.32 Å². The van der Waals surface area contributed by atoms with Crippen molar-refractivity contribution in [1.82, 2.24) is 10.2 Å². The third-order valence-corrected chi connectivity index (χ3v) is 6.22. The summed E-state index contributed by atoms with van der Waals surface area (Å²) in [5.74, 6) is 0.950. The van der Waals surface area contributed by atoms with E-state index < -0.39 is 6.04 Å². The Morgan fingerprint density at radius 2 is 1.79 bits per heavy atom. The van der Waals surface area contributed by atoms with E-state index in [0.717, 1.165) is 17.5 Å². The highest BCUT2D eigenvalue weighted by atomic mass is 32.2. The quantitative estimate of drug-likeness (QED) is 0.794. The number of carbonyl (C=O) groups is 2. The molecule has 2 atom stereocenters. The van der Waals surface area contributed by atoms with Crippen molar-refractivity contribution in [1.29, 1.82) is 0 Å². The van der Waals surface area contributed by atoms with Crippen LogP contribution in [0, 0.1) is 12.8 Å². The van der Waals surface area contributed by atoms with Crippen LogP contribution in [0.25, 0.3) is 0 Å². The van der Waals surface area contributed by atoms with Crippen LogP contribution in [0.15, 0.2) is 54.6 Å². The number of amides is 2. The minimum Gasteiger partial charge on any atom is -0.350 e. The Kier molecular flexibility index (Phi) is 6.79. The van der Waals surface area contributed by atoms with E-state index in [4.69, 9.17) is 0 Å². The Hall–Kier alpha value is -2.27. The summed E-state index contributed by atoms with van der Waals surface area (Å²) in [6.07, 6.45) is 0.880. The van der Waals surface area contributed by atoms with Gasteiger partial charge in [0.25, 0.3) is 5.91 Å². The monoisotopic (exact) mass is 396 g/mol. The molecule has 0 aromatic heterocycles. The molecule has 0 saturated carbocycles. The van der Waals surface area contributed by atoms with E-state index in [0.29, 0.717) is 23.8 Å². The van der Waals surface area contributed by atoms with E-state index in [2.05, 4.69) is 19.2 Å². The number of carbonyl (C=O) groups excluding carboxylic acids is 2. The van der Waals surface area contributed by atoms with Gasteiger partial charge in [-0.25, -0.2) is 0 Å². The van der Waals surface area contributed by atoms with Gasteiger partial charge < -0.3 is 10.2 Å². The smallest absolute Gasteiger partial charge is 0.255 e. The fourth-order valence-corrected chi connectivity index (χ4v) is 5.01. The third kappa shape index (κ3) is 4.96. The fourth-order valence-electron chi connectivity index (χ4n) is 3.37. The molecular weight excluding hydrogens is 368 g/mol. The van der Waals surface area contributed by atoms with Crippen LogP contribution in [0.5, 0.6) is 0 Å². The van der Waals surface area contributed by atoms with Crippen LogP contribution in [-0.2, 0) is 11.3 Å². The number of nitrogens with one attached hydrogen (secondary N) is 1. The Labute approximate surface area is 171 Å². The molecule has 0 spiro atoms. The molecule has 2 aromatic carbocycles. The highest BCUT2D eigenvalue weighted by Gasteiger charge is 2.41. The Balaban J connectivity index is 1.76. The van der Waals surface area contributed by atoms with Gasteiger partial charge in [0.05, 0.1) is 5.37 Å². The molecule has 1 saturated heterocycles. The van der Waals surface area contributed by atoms with Gasteiger partial charge in [0.1, 0.15) is 6.04 Å². The van der Waals surface area contributed by atoms with Crippen LogP contribution >= 0.6 is 11.8 Å². The lowest BCUT2D eigenvalue weighted by Crippen LogP contribution is -2.49. The van der Waals surface area contributed by atoms with E-state index in [9.17, 15) is 9.59 Å². The minimum atomic E-state index is -0.439. The zero-order chi connectivity index (χ0) is 20.1. The molecule has 1 N–H and O–H groups in total. The summed E-state index contributed by atoms with van der Waals surface area (Å²) in [4.78, 5) is 28.0. The molecule has 1 aliphatic heterocycles. The highest BCUT2D eigenvalue weighted by Crippen LogP contribution is 2.34. The number of aryl methyl sites for hydroxylation is 1. The van der Waals surface area contributed by atoms with Crippen molar-refractivity contribution in [3.8, 4) is 0 Å². The SMILES string of the molecule is Cc1ccc(C(=O)N2C(CC(C)C)SCC2C(=O)NCc2ccccc2)cc1. The molecule has 1 fully saturated rings. The predicted molar refractivity (Wildman–Crippen MR) is 115 cm³/mol. The summed E-state index contributed by atoms with van der Waals surface area (Å²) in [7, 11) is 0. The van der Waals surface area contributed by atoms with E-state index in [1.807, 2.05) is 61.5 Å². The fraction of sp³-hybridized carbons (Fsp3) is 0.391. The summed E-state index contributed by atoms with van der Waals surface area (Å²) >= 11 is 1.71. The summed E-state index contributed by atoms with van der Waals surface area (Å²) in [6, 6.07) is 17.0. The molecule has 3 rings (SSSR count). The first-order chi connectivity index (χ1) is 13.5. The zero-order valence-corrected chi connectivity index (χ0v) is 17.5. The van der Waals surface area contributed by atoms with Crippen molar-refractivity contribution in [2.75, 3.05) is 5.75 Å². The lowest BCUT2D eigenvalue weighted by Gasteiger charge is -2.30. The van der Waals surface area contributed by atoms with Gasteiger partial charge >= 0.3 is 0 Å². The van der Waals surface area contributed by atoms with Crippen LogP contribution in [0.4, 0.5) is 0 Å². The number of thioether (sulfide) groups is 1. The molecule has 2 aromatic rings. The molecule has 1 aliphatic rings. The number of nitrogens with zero attached hydrogens (tertiary/aromatic N) is 1. The maximum Gasteiger partial charge on any atom is 0.255 e. The van der Waals surface area contributed by atoms with Gasteiger partial charge in [-0.3, -0.25) is 9.59 Å². The molecule has 0 radical (unpaired) electrons. The molecule has 2 unspecified atom stereocenters. The summed E-state index contributed by atoms with van der Waals surface area (Å²) in [6.45, 7) is 6.78. The molecule has 4 nitrogen and oxygen atoms in total. The van der Waals surface area contributed by atoms with Crippen LogP contribution in [0.2, 0.25) is 0 Å². The standard InChI is InChI=1S/C23H28N2O2S/c1-16(2)13-21-25(23(27)19-11-9-17(3)10-12-19)20(15-28-21)22(26)24-14-18-7-5-4-6-8-18/h4-12,16,20-21H,13-15H2,1-3H3,(H,24,26). The normalized spacial score (nSPS) is 19.1. The van der Waals surface area contributed by atoms with Crippen LogP contribution in [0.1, 0.15) is 41.8 Å². The minimum absolute atomic E-state index is 0.0290. The van der Waals surface area contributed by atoms with Crippen molar-refractivity contribution in [3.63, 3.8) is 0 Å². The van der Waals surface area contributed by atoms with E-state index in [-0.39, 0.29) is 17.2 Å². The lowest BCUT2D eigenvalue weighted by atomic mass is 10.1. The van der Waals surface area contributed by atoms with E-state index in [1.54, 1.807) is 16.7 Å². The number of hydrogen-bond donors (Lipinski definition) is 1. The number of benzene rings is 2. The third-order valence-electron chi connectivity index (χ3n) is 4.91. The first-order valence-electron chi connectivity index (χ1n) is 9.78. The van der Waals surface area contributed by atoms with Crippen LogP contribution in [-0.4, -0.2) is 33.9 Å². The van der Waals surface area contributed by atoms with Crippen molar-refractivity contribution in [2.45, 2.75) is 45.2 Å². The molecule has 148 valence electrons. The summed E-state index contributed by atoms with van der Waals surface area (Å²) < 4.78 is 0. The Morgan fingerprint density at radius 3 is 2.43 bits per heavy atom. The maximum absolute atomic E-state index is 13.3. The second-order valence-corrected chi connectivity index (χ2v) is 8.93. The van der Waals surface area contributed by atoms with Gasteiger partial charge in [-0.05, 0) is 37.0 Å². The first kappa shape index (κ1) is 20.5. The molecule has 1 heterocycles. The van der Waals surface area contributed by atoms with Gasteiger partial charge in [0, 0.05) is 17.9 Å². The molecule has 0 bridgehead atoms. The van der Waals surface area contributed by atoms with Crippen LogP contribution in [0.3, 0.4) is 0 Å². The second-order valence-electron chi connectivity index (χ2n) is 7.72. The topological polar surface area (TPSA) is 49.4 Å². The molecule has 28 heavy (non-hydrogen) atoms. The average molecular weight is 397 g/mol. The van der Waals surface area contributed by atoms with Gasteiger partial charge in [-0.15, -0.1) is 11.8 Å². The Morgan fingerprint density at radius 1 is 1.11 bits per heavy atom. The van der Waals surface area contributed by atoms with Gasteiger partial charge in [0.15, 0.2) is 0 Å². The molecular formula is C23H28N2O2S. The van der Waals surface area contributed by atoms with Crippen molar-refractivity contribution >= 4 is 23.6 Å². The second kappa shape index (κ2) is 9.28. The maximum atomic E-state index is 13.3. The van der Waals surface area contributed by atoms with Crippen molar-refractivity contribution in [2.24, 2.45) is 5.92 Å². The Bertz CT molecular complexity index is 805. The van der Waals surface area contributed by atoms with E-state index >= 15 is 0 Å². The van der Waals surface area contributed by atoms with Gasteiger partial charge in [0.2, 0.25) is 5.91 Å². The summed E-state index contributed by atoms with van der Waals surface area (Å²) in [5.41, 5.74) is 2.81. The predicted octanol–water partition coefficient (Wildman–Crippen LogP) is 4.24. The van der Waals surface area contributed by atoms with Crippen molar-refractivity contribution < 1.29 is 9.59 Å². The van der Waals surface area contributed by atoms with Crippen molar-refractivity contribution in [3.05, 3.63) is 71.3 Å². The molecule has 0 aliphatic carbocycles. The average Bonchev–Trinajstić information content (AvgIpc) is 3.10. The van der Waals surface area contributed by atoms with Gasteiger partial charge in [-0.2, -0.15) is 0 Å². The summed E-state index contributed by atoms with van der Waals surface area (Å²) in [5, 5.41) is 3.04. The van der Waals surface area contributed by atoms with E-state index in [1.165, 1.54) is 0 Å².